The Bertz CT molecular complexity index is 1980. The number of imidazole rings is 2. The highest BCUT2D eigenvalue weighted by Crippen LogP contribution is 2.53. The van der Waals surface area contributed by atoms with Gasteiger partial charge in [-0.3, -0.25) is 9.80 Å². The van der Waals surface area contributed by atoms with Gasteiger partial charge in [0.15, 0.2) is 0 Å². The summed E-state index contributed by atoms with van der Waals surface area (Å²) < 4.78 is 11.7. The predicted octanol–water partition coefficient (Wildman–Crippen LogP) is 15.9. The van der Waals surface area contributed by atoms with Crippen LogP contribution in [0.1, 0.15) is 263 Å². The maximum Gasteiger partial charge on any atom is 0.410 e. The number of hydrogen-bond donors (Lipinski definition) is 2. The molecule has 2 aromatic heterocycles. The number of rotatable bonds is 5. The number of carbonyl (C=O) groups excluding carboxylic acids is 2. The van der Waals surface area contributed by atoms with E-state index in [1.54, 1.807) is 0 Å². The average Bonchev–Trinajstić information content (AvgIpc) is 4.13. The van der Waals surface area contributed by atoms with Crippen molar-refractivity contribution in [3.63, 3.8) is 0 Å². The smallest absolute Gasteiger partial charge is 0.410 e. The molecule has 1 aromatic carbocycles. The van der Waals surface area contributed by atoms with Gasteiger partial charge in [-0.15, -0.1) is 0 Å². The monoisotopic (exact) mass is 923 g/mol. The molecule has 3 saturated carbocycles. The second kappa shape index (κ2) is 23.7. The van der Waals surface area contributed by atoms with Crippen LogP contribution in [0.15, 0.2) is 36.7 Å². The third-order valence-electron chi connectivity index (χ3n) is 15.9. The Hall–Kier alpha value is -3.82. The number of benzene rings is 1. The number of carbonyl (C=O) groups is 2. The van der Waals surface area contributed by atoms with Crippen LogP contribution in [0.25, 0.3) is 11.3 Å². The van der Waals surface area contributed by atoms with E-state index >= 15 is 0 Å². The minimum absolute atomic E-state index is 0.0214. The van der Waals surface area contributed by atoms with E-state index in [2.05, 4.69) is 40.4 Å². The minimum atomic E-state index is -0.542. The van der Waals surface area contributed by atoms with E-state index in [9.17, 15) is 9.59 Å². The molecular weight excluding hydrogens is 833 g/mol. The van der Waals surface area contributed by atoms with E-state index in [4.69, 9.17) is 19.4 Å². The van der Waals surface area contributed by atoms with Gasteiger partial charge in [-0.1, -0.05) is 140 Å². The van der Waals surface area contributed by atoms with Gasteiger partial charge in [0, 0.05) is 30.4 Å². The lowest BCUT2D eigenvalue weighted by atomic mass is 9.57. The fourth-order valence-electron chi connectivity index (χ4n) is 12.1. The first kappa shape index (κ1) is 51.0. The predicted molar refractivity (Wildman–Crippen MR) is 271 cm³/mol. The van der Waals surface area contributed by atoms with E-state index in [1.165, 1.54) is 146 Å². The summed E-state index contributed by atoms with van der Waals surface area (Å²) in [5, 5.41) is 0. The van der Waals surface area contributed by atoms with Gasteiger partial charge >= 0.3 is 12.2 Å². The minimum Gasteiger partial charge on any atom is -0.444 e. The normalized spacial score (nSPS) is 26.5. The molecule has 2 saturated heterocycles. The van der Waals surface area contributed by atoms with Crippen molar-refractivity contribution < 1.29 is 19.1 Å². The van der Waals surface area contributed by atoms with Crippen molar-refractivity contribution in [1.82, 2.24) is 29.7 Å². The SMILES string of the molecule is CC(C)(C)OC(=O)N1CCCC1c1ncc(-c2cccc(C34CCCCCCCCCCCCCCCCCCCCCC(c5cnc([C@@H]6CCCN6C(=O)OC(C)(C)C)[nH]5)(CC3)CC4)c2)[nH]1. The molecule has 4 heterocycles. The van der Waals surface area contributed by atoms with Gasteiger partial charge in [0.1, 0.15) is 22.9 Å². The lowest BCUT2D eigenvalue weighted by Crippen LogP contribution is -2.40. The quantitative estimate of drug-likeness (QED) is 0.263. The Morgan fingerprint density at radius 1 is 0.537 bits per heavy atom. The molecule has 67 heavy (non-hydrogen) atoms. The first-order valence-electron chi connectivity index (χ1n) is 27.4. The third kappa shape index (κ3) is 14.1. The van der Waals surface area contributed by atoms with Crippen molar-refractivity contribution in [3.8, 4) is 11.3 Å². The van der Waals surface area contributed by atoms with E-state index in [1.807, 2.05) is 57.5 Å². The Morgan fingerprint density at radius 2 is 0.955 bits per heavy atom. The number of hydrogen-bond acceptors (Lipinski definition) is 6. The summed E-state index contributed by atoms with van der Waals surface area (Å²) in [5.41, 5.74) is 3.91. The van der Waals surface area contributed by atoms with Gasteiger partial charge in [0.2, 0.25) is 0 Å². The zero-order chi connectivity index (χ0) is 47.3. The van der Waals surface area contributed by atoms with Crippen LogP contribution in [0.3, 0.4) is 0 Å². The highest BCUT2D eigenvalue weighted by molar-refractivity contribution is 5.70. The molecule has 3 aromatic rings. The highest BCUT2D eigenvalue weighted by Gasteiger charge is 2.46. The molecule has 0 spiro atoms. The summed E-state index contributed by atoms with van der Waals surface area (Å²) >= 11 is 0. The van der Waals surface area contributed by atoms with Crippen LogP contribution in [0, 0.1) is 0 Å². The molecule has 5 aliphatic rings. The summed E-state index contributed by atoms with van der Waals surface area (Å²) in [6.07, 6.45) is 40.0. The molecule has 5 fully saturated rings. The molecule has 2 N–H and O–H groups in total. The third-order valence-corrected chi connectivity index (χ3v) is 15.9. The summed E-state index contributed by atoms with van der Waals surface area (Å²) in [4.78, 5) is 48.0. The maximum absolute atomic E-state index is 13.4. The van der Waals surface area contributed by atoms with Crippen molar-refractivity contribution >= 4 is 12.2 Å². The molecule has 0 radical (unpaired) electrons. The first-order chi connectivity index (χ1) is 32.2. The molecule has 10 heteroatoms. The largest absolute Gasteiger partial charge is 0.444 e. The van der Waals surface area contributed by atoms with E-state index in [0.717, 1.165) is 74.3 Å². The first-order valence-corrected chi connectivity index (χ1v) is 27.4. The zero-order valence-corrected chi connectivity index (χ0v) is 43.0. The molecule has 1 unspecified atom stereocenters. The maximum atomic E-state index is 13.4. The van der Waals surface area contributed by atoms with Gasteiger partial charge in [0.25, 0.3) is 0 Å². The molecular formula is C57H90N6O4. The summed E-state index contributed by atoms with van der Waals surface area (Å²) in [5.74, 6) is 1.76. The number of ether oxygens (including phenoxy) is 2. The number of H-pyrrole nitrogens is 2. The number of amides is 2. The van der Waals surface area contributed by atoms with Crippen LogP contribution in [-0.4, -0.2) is 66.2 Å². The highest BCUT2D eigenvalue weighted by atomic mass is 16.6. The number of aromatic amines is 2. The van der Waals surface area contributed by atoms with E-state index in [-0.39, 0.29) is 35.1 Å². The van der Waals surface area contributed by atoms with Crippen LogP contribution in [-0.2, 0) is 20.3 Å². The number of aromatic nitrogens is 4. The van der Waals surface area contributed by atoms with Crippen LogP contribution in [0.5, 0.6) is 0 Å². The second-order valence-corrected chi connectivity index (χ2v) is 23.4. The van der Waals surface area contributed by atoms with Crippen molar-refractivity contribution in [3.05, 3.63) is 59.6 Å². The standard InChI is InChI=1S/C57H90N6O4/c1-54(2,3)66-52(64)62-39-27-31-47(62)50-58-42-46(60-50)44-29-26-30-45(41-44)56-33-24-22-20-18-16-14-12-10-8-7-9-11-13-15-17-19-21-23-25-34-57(37-35-56,38-36-56)49-43-59-51(61-49)48-32-28-40-63(48)53(65)67-55(4,5)6/h26,29-30,41-43,47-48H,7-25,27-28,31-40H2,1-6H3,(H,58,60)(H,59,61)/t47?,48-,56?,57?/m0/s1. The van der Waals surface area contributed by atoms with Crippen molar-refractivity contribution in [1.29, 1.82) is 0 Å². The molecule has 2 amide bonds. The fraction of sp³-hybridized carbons (Fsp3) is 0.754. The van der Waals surface area contributed by atoms with Gasteiger partial charge in [-0.05, 0) is 128 Å². The summed E-state index contributed by atoms with van der Waals surface area (Å²) in [6, 6.07) is 9.16. The van der Waals surface area contributed by atoms with Gasteiger partial charge in [-0.2, -0.15) is 0 Å². The number of likely N-dealkylation sites (tertiary alicyclic amines) is 2. The Balaban J connectivity index is 1.13. The topological polar surface area (TPSA) is 116 Å². The fourth-order valence-corrected chi connectivity index (χ4v) is 12.1. The lowest BCUT2D eigenvalue weighted by Gasteiger charge is -2.47. The molecule has 2 aliphatic heterocycles. The molecule has 8 rings (SSSR count). The molecule has 372 valence electrons. The Morgan fingerprint density at radius 3 is 1.43 bits per heavy atom. The Labute approximate surface area is 405 Å². The van der Waals surface area contributed by atoms with Crippen LogP contribution in [0.2, 0.25) is 0 Å². The summed E-state index contributed by atoms with van der Waals surface area (Å²) in [6.45, 7) is 13.0. The zero-order valence-electron chi connectivity index (χ0n) is 43.0. The molecule has 2 atom stereocenters. The molecule has 10 nitrogen and oxygen atoms in total. The van der Waals surface area contributed by atoms with Gasteiger partial charge in [0.05, 0.1) is 24.0 Å². The van der Waals surface area contributed by atoms with Gasteiger partial charge < -0.3 is 19.4 Å². The van der Waals surface area contributed by atoms with E-state index in [0.29, 0.717) is 13.1 Å². The van der Waals surface area contributed by atoms with Crippen molar-refractivity contribution in [2.24, 2.45) is 0 Å². The summed E-state index contributed by atoms with van der Waals surface area (Å²) in [7, 11) is 0. The van der Waals surface area contributed by atoms with Gasteiger partial charge in [-0.25, -0.2) is 19.6 Å². The number of nitrogens with zero attached hydrogens (tertiary/aromatic N) is 4. The van der Waals surface area contributed by atoms with Crippen molar-refractivity contribution in [2.75, 3.05) is 13.1 Å². The van der Waals surface area contributed by atoms with Crippen LogP contribution >= 0.6 is 0 Å². The van der Waals surface area contributed by atoms with E-state index < -0.39 is 11.2 Å². The number of nitrogens with one attached hydrogen (secondary N) is 2. The second-order valence-electron chi connectivity index (χ2n) is 23.4. The molecule has 2 bridgehead atoms. The van der Waals surface area contributed by atoms with Crippen LogP contribution in [0.4, 0.5) is 9.59 Å². The van der Waals surface area contributed by atoms with Crippen LogP contribution < -0.4 is 0 Å². The molecule has 3 aliphatic carbocycles. The average molecular weight is 923 g/mol. The lowest BCUT2D eigenvalue weighted by molar-refractivity contribution is 0.0208. The number of fused-ring (bicyclic) bond motifs is 22. The Kier molecular flexibility index (Phi) is 18.0. The van der Waals surface area contributed by atoms with Crippen molar-refractivity contribution in [2.45, 2.75) is 262 Å².